The Kier molecular flexibility index (Phi) is 4.93. The first-order valence-corrected chi connectivity index (χ1v) is 5.56. The number of carbonyl (C=O) groups is 1. The third kappa shape index (κ3) is 4.02. The minimum atomic E-state index is -1.10. The highest BCUT2D eigenvalue weighted by Crippen LogP contribution is 2.27. The van der Waals surface area contributed by atoms with Gasteiger partial charge >= 0.3 is 5.97 Å². The number of benzene rings is 1. The molecule has 1 rings (SSSR count). The summed E-state index contributed by atoms with van der Waals surface area (Å²) in [5, 5.41) is 26.2. The number of rotatable bonds is 4. The van der Waals surface area contributed by atoms with Crippen molar-refractivity contribution in [3.8, 4) is 17.9 Å². The van der Waals surface area contributed by atoms with E-state index in [4.69, 9.17) is 32.0 Å². The van der Waals surface area contributed by atoms with Crippen LogP contribution in [0.3, 0.4) is 0 Å². The van der Waals surface area contributed by atoms with Gasteiger partial charge in [0.1, 0.15) is 23.5 Å². The molecule has 0 bridgehead atoms. The van der Waals surface area contributed by atoms with Gasteiger partial charge in [0.2, 0.25) is 0 Å². The van der Waals surface area contributed by atoms with Crippen molar-refractivity contribution in [2.24, 2.45) is 0 Å². The van der Waals surface area contributed by atoms with Gasteiger partial charge in [-0.15, -0.1) is 0 Å². The molecule has 0 saturated heterocycles. The van der Waals surface area contributed by atoms with Crippen LogP contribution < -0.4 is 4.74 Å². The van der Waals surface area contributed by atoms with Crippen molar-refractivity contribution in [2.75, 3.05) is 0 Å². The topological polar surface area (TPSA) is 94.1 Å². The van der Waals surface area contributed by atoms with Crippen LogP contribution in [0.25, 0.3) is 6.08 Å². The Balaban J connectivity index is 3.00. The van der Waals surface area contributed by atoms with Crippen molar-refractivity contribution >= 4 is 23.6 Å². The summed E-state index contributed by atoms with van der Waals surface area (Å²) in [6.45, 7) is 1.38. The summed E-state index contributed by atoms with van der Waals surface area (Å²) >= 11 is 5.93. The zero-order chi connectivity index (χ0) is 14.4. The van der Waals surface area contributed by atoms with Crippen LogP contribution in [0.4, 0.5) is 0 Å². The number of carboxylic acid groups (broad SMARTS) is 1. The average molecular weight is 277 g/mol. The maximum absolute atomic E-state index is 10.7. The van der Waals surface area contributed by atoms with Crippen molar-refractivity contribution in [3.63, 3.8) is 0 Å². The maximum atomic E-state index is 10.7. The Hall–Kier alpha value is -2.50. The van der Waals surface area contributed by atoms with Crippen molar-refractivity contribution in [1.29, 1.82) is 10.5 Å². The number of aliphatic carboxylic acids is 1. The predicted octanol–water partition coefficient (Wildman–Crippen LogP) is 2.62. The SMILES string of the molecule is CC(Oc1ccc(C=C(C#N)C#N)cc1Cl)C(=O)O. The number of nitriles is 2. The Morgan fingerprint density at radius 1 is 1.47 bits per heavy atom. The third-order valence-corrected chi connectivity index (χ3v) is 2.45. The van der Waals surface area contributed by atoms with E-state index in [0.717, 1.165) is 0 Å². The minimum Gasteiger partial charge on any atom is -0.479 e. The maximum Gasteiger partial charge on any atom is 0.344 e. The fourth-order valence-electron chi connectivity index (χ4n) is 1.20. The van der Waals surface area contributed by atoms with Crippen LogP contribution in [0.5, 0.6) is 5.75 Å². The zero-order valence-corrected chi connectivity index (χ0v) is 10.7. The summed E-state index contributed by atoms with van der Waals surface area (Å²) in [5.74, 6) is -0.875. The summed E-state index contributed by atoms with van der Waals surface area (Å²) in [7, 11) is 0. The normalized spacial score (nSPS) is 10.7. The van der Waals surface area contributed by atoms with Crippen molar-refractivity contribution in [3.05, 3.63) is 34.4 Å². The quantitative estimate of drug-likeness (QED) is 0.853. The highest BCUT2D eigenvalue weighted by Gasteiger charge is 2.14. The molecule has 96 valence electrons. The summed E-state index contributed by atoms with van der Waals surface area (Å²) in [6.07, 6.45) is 0.351. The van der Waals surface area contributed by atoms with E-state index in [1.807, 2.05) is 0 Å². The van der Waals surface area contributed by atoms with Gasteiger partial charge in [-0.25, -0.2) is 4.79 Å². The Morgan fingerprint density at radius 2 is 2.11 bits per heavy atom. The average Bonchev–Trinajstić information content (AvgIpc) is 2.38. The first kappa shape index (κ1) is 14.6. The Bertz CT molecular complexity index is 595. The Labute approximate surface area is 114 Å². The van der Waals surface area contributed by atoms with Crippen LogP contribution >= 0.6 is 11.6 Å². The van der Waals surface area contributed by atoms with Gasteiger partial charge in [0, 0.05) is 0 Å². The molecule has 0 fully saturated rings. The molecule has 5 nitrogen and oxygen atoms in total. The predicted molar refractivity (Wildman–Crippen MR) is 68.4 cm³/mol. The van der Waals surface area contributed by atoms with Crippen molar-refractivity contribution in [2.45, 2.75) is 13.0 Å². The molecule has 0 aromatic heterocycles. The lowest BCUT2D eigenvalue weighted by Gasteiger charge is -2.11. The number of hydrogen-bond donors (Lipinski definition) is 1. The molecule has 0 amide bonds. The molecule has 6 heteroatoms. The van der Waals surface area contributed by atoms with Gasteiger partial charge in [-0.1, -0.05) is 17.7 Å². The second-order valence-electron chi connectivity index (χ2n) is 3.57. The summed E-state index contributed by atoms with van der Waals surface area (Å²) in [6, 6.07) is 8.00. The van der Waals surface area contributed by atoms with Crippen molar-refractivity contribution < 1.29 is 14.6 Å². The lowest BCUT2D eigenvalue weighted by molar-refractivity contribution is -0.144. The van der Waals surface area contributed by atoms with E-state index in [-0.39, 0.29) is 16.3 Å². The first-order valence-electron chi connectivity index (χ1n) is 5.19. The van der Waals surface area contributed by atoms with Gasteiger partial charge in [-0.05, 0) is 30.7 Å². The third-order valence-electron chi connectivity index (χ3n) is 2.16. The summed E-state index contributed by atoms with van der Waals surface area (Å²) in [5.41, 5.74) is 0.502. The highest BCUT2D eigenvalue weighted by molar-refractivity contribution is 6.32. The van der Waals surface area contributed by atoms with Crippen LogP contribution in [-0.4, -0.2) is 17.2 Å². The van der Waals surface area contributed by atoms with E-state index in [2.05, 4.69) is 0 Å². The molecule has 1 atom stereocenters. The molecule has 1 N–H and O–H groups in total. The molecular formula is C13H9ClN2O3. The monoisotopic (exact) mass is 276 g/mol. The molecule has 0 heterocycles. The number of nitrogens with zero attached hydrogens (tertiary/aromatic N) is 2. The summed E-state index contributed by atoms with van der Waals surface area (Å²) in [4.78, 5) is 10.7. The van der Waals surface area contributed by atoms with Crippen LogP contribution in [0, 0.1) is 22.7 Å². The van der Waals surface area contributed by atoms with E-state index in [0.29, 0.717) is 5.56 Å². The van der Waals surface area contributed by atoms with Crippen LogP contribution in [0.2, 0.25) is 5.02 Å². The second kappa shape index (κ2) is 6.44. The van der Waals surface area contributed by atoms with Gasteiger partial charge < -0.3 is 9.84 Å². The van der Waals surface area contributed by atoms with Gasteiger partial charge in [0.15, 0.2) is 6.10 Å². The number of halogens is 1. The van der Waals surface area contributed by atoms with Crippen molar-refractivity contribution in [1.82, 2.24) is 0 Å². The van der Waals surface area contributed by atoms with Gasteiger partial charge in [0.05, 0.1) is 5.02 Å². The van der Waals surface area contributed by atoms with E-state index in [1.54, 1.807) is 18.2 Å². The molecule has 0 radical (unpaired) electrons. The van der Waals surface area contributed by atoms with Crippen LogP contribution in [0.15, 0.2) is 23.8 Å². The minimum absolute atomic E-state index is 0.0522. The molecule has 0 aliphatic heterocycles. The first-order chi connectivity index (χ1) is 8.97. The largest absolute Gasteiger partial charge is 0.479 e. The standard InChI is InChI=1S/C13H9ClN2O3/c1-8(13(17)18)19-12-3-2-9(5-11(12)14)4-10(6-15)7-16/h2-5,8H,1H3,(H,17,18). The smallest absolute Gasteiger partial charge is 0.344 e. The molecule has 0 spiro atoms. The number of carboxylic acids is 1. The second-order valence-corrected chi connectivity index (χ2v) is 3.98. The van der Waals surface area contributed by atoms with E-state index >= 15 is 0 Å². The lowest BCUT2D eigenvalue weighted by Crippen LogP contribution is -2.22. The van der Waals surface area contributed by atoms with Crippen LogP contribution in [-0.2, 0) is 4.79 Å². The van der Waals surface area contributed by atoms with E-state index < -0.39 is 12.1 Å². The van der Waals surface area contributed by atoms with E-state index in [1.165, 1.54) is 25.1 Å². The highest BCUT2D eigenvalue weighted by atomic mass is 35.5. The number of ether oxygens (including phenoxy) is 1. The molecular weight excluding hydrogens is 268 g/mol. The fraction of sp³-hybridized carbons (Fsp3) is 0.154. The Morgan fingerprint density at radius 3 is 2.58 bits per heavy atom. The fourth-order valence-corrected chi connectivity index (χ4v) is 1.43. The number of allylic oxidation sites excluding steroid dienone is 1. The molecule has 1 aromatic rings. The van der Waals surface area contributed by atoms with Gasteiger partial charge in [-0.2, -0.15) is 10.5 Å². The molecule has 1 unspecified atom stereocenters. The number of hydrogen-bond acceptors (Lipinski definition) is 4. The van der Waals surface area contributed by atoms with E-state index in [9.17, 15) is 4.79 Å². The van der Waals surface area contributed by atoms with Gasteiger partial charge in [-0.3, -0.25) is 0 Å². The molecule has 0 saturated carbocycles. The molecule has 0 aliphatic rings. The van der Waals surface area contributed by atoms with Gasteiger partial charge in [0.25, 0.3) is 0 Å². The lowest BCUT2D eigenvalue weighted by atomic mass is 10.1. The van der Waals surface area contributed by atoms with Crippen LogP contribution in [0.1, 0.15) is 12.5 Å². The molecule has 19 heavy (non-hydrogen) atoms. The zero-order valence-electron chi connectivity index (χ0n) is 9.92. The molecule has 1 aromatic carbocycles. The summed E-state index contributed by atoms with van der Waals surface area (Å²) < 4.78 is 5.14. The molecule has 0 aliphatic carbocycles.